The van der Waals surface area contributed by atoms with Crippen LogP contribution in [0, 0.1) is 5.41 Å². The Labute approximate surface area is 275 Å². The maximum Gasteiger partial charge on any atom is 0.181 e. The van der Waals surface area contributed by atoms with Crippen molar-refractivity contribution in [2.75, 3.05) is 4.90 Å². The van der Waals surface area contributed by atoms with Gasteiger partial charge in [-0.25, -0.2) is 0 Å². The summed E-state index contributed by atoms with van der Waals surface area (Å²) in [6.07, 6.45) is -0.975. The number of amidine groups is 1. The fourth-order valence-corrected chi connectivity index (χ4v) is 10.9. The SMILES string of the molecule is N=C(S/C=C(\N[C@H](O)c1ccccc1)[P+](c1ccccc1)(c1ccccc1)c1ccccc1)N(c1ccccc1)c1ccccc1. The van der Waals surface area contributed by atoms with E-state index < -0.39 is 13.5 Å². The van der Waals surface area contributed by atoms with Gasteiger partial charge in [0.05, 0.1) is 0 Å². The van der Waals surface area contributed by atoms with Crippen molar-refractivity contribution in [1.29, 1.82) is 5.41 Å². The zero-order chi connectivity index (χ0) is 31.6. The Hall–Kier alpha value is -4.93. The molecule has 0 radical (unpaired) electrons. The summed E-state index contributed by atoms with van der Waals surface area (Å²) in [5.41, 5.74) is 3.40. The van der Waals surface area contributed by atoms with Crippen molar-refractivity contribution in [3.63, 3.8) is 0 Å². The molecule has 6 aromatic rings. The minimum Gasteiger partial charge on any atom is -0.369 e. The summed E-state index contributed by atoms with van der Waals surface area (Å²) in [5, 5.41) is 30.5. The molecular weight excluding hydrogens is 602 g/mol. The van der Waals surface area contributed by atoms with Crippen molar-refractivity contribution >= 4 is 51.5 Å². The molecule has 0 amide bonds. The maximum absolute atomic E-state index is 11.7. The first-order valence-electron chi connectivity index (χ1n) is 15.1. The highest BCUT2D eigenvalue weighted by Crippen LogP contribution is 2.62. The van der Waals surface area contributed by atoms with Crippen LogP contribution in [0.25, 0.3) is 0 Å². The fraction of sp³-hybridized carbons (Fsp3) is 0.0250. The van der Waals surface area contributed by atoms with Crippen LogP contribution in [0.3, 0.4) is 0 Å². The molecule has 1 atom stereocenters. The third kappa shape index (κ3) is 6.68. The van der Waals surface area contributed by atoms with Crippen molar-refractivity contribution in [2.24, 2.45) is 0 Å². The van der Waals surface area contributed by atoms with Gasteiger partial charge in [0.25, 0.3) is 0 Å². The standard InChI is InChI=1S/C40H35N3OPS/c41-40(43(33-21-9-2-10-22-33)34-23-11-3-12-24-34)46-31-38(42-39(44)32-19-7-1-8-20-32)45(35-25-13-4-14-26-35,36-27-15-5-16-28-36)37-29-17-6-18-30-37/h1-31,39,41-42,44H/q+1/b38-31+,41-40?/t39-/m1/s1. The van der Waals surface area contributed by atoms with Gasteiger partial charge in [0.1, 0.15) is 15.9 Å². The highest BCUT2D eigenvalue weighted by molar-refractivity contribution is 8.17. The number of hydrogen-bond acceptors (Lipinski definition) is 4. The highest BCUT2D eigenvalue weighted by Gasteiger charge is 2.50. The topological polar surface area (TPSA) is 59.4 Å². The summed E-state index contributed by atoms with van der Waals surface area (Å²) in [5.74, 6) is 0. The molecule has 0 aliphatic carbocycles. The van der Waals surface area contributed by atoms with E-state index in [1.807, 2.05) is 120 Å². The summed E-state index contributed by atoms with van der Waals surface area (Å²) in [6, 6.07) is 61.2. The van der Waals surface area contributed by atoms with E-state index in [1.165, 1.54) is 11.8 Å². The number of aliphatic hydroxyl groups is 1. The molecule has 0 unspecified atom stereocenters. The molecule has 0 fully saturated rings. The molecule has 4 nitrogen and oxygen atoms in total. The lowest BCUT2D eigenvalue weighted by Crippen LogP contribution is -2.37. The summed E-state index contributed by atoms with van der Waals surface area (Å²) in [7, 11) is -2.61. The van der Waals surface area contributed by atoms with Crippen LogP contribution in [-0.2, 0) is 0 Å². The number of hydrogen-bond donors (Lipinski definition) is 3. The summed E-state index contributed by atoms with van der Waals surface area (Å²) in [6.45, 7) is 0. The number of nitrogens with one attached hydrogen (secondary N) is 2. The first-order chi connectivity index (χ1) is 22.7. The van der Waals surface area contributed by atoms with Gasteiger partial charge < -0.3 is 10.4 Å². The minimum atomic E-state index is -2.61. The number of thioether (sulfide) groups is 1. The zero-order valence-electron chi connectivity index (χ0n) is 25.2. The van der Waals surface area contributed by atoms with E-state index in [-0.39, 0.29) is 0 Å². The predicted octanol–water partition coefficient (Wildman–Crippen LogP) is 8.57. The Bertz CT molecular complexity index is 1720. The molecular formula is C40H35N3OPS+. The monoisotopic (exact) mass is 636 g/mol. The Morgan fingerprint density at radius 3 is 1.30 bits per heavy atom. The van der Waals surface area contributed by atoms with Gasteiger partial charge in [-0.05, 0) is 60.7 Å². The van der Waals surface area contributed by atoms with E-state index >= 15 is 0 Å². The Morgan fingerprint density at radius 1 is 0.565 bits per heavy atom. The van der Waals surface area contributed by atoms with Crippen LogP contribution >= 0.6 is 19.0 Å². The van der Waals surface area contributed by atoms with E-state index in [2.05, 4.69) is 78.1 Å². The van der Waals surface area contributed by atoms with Gasteiger partial charge in [-0.2, -0.15) is 0 Å². The molecule has 0 aromatic heterocycles. The number of nitrogens with zero attached hydrogens (tertiary/aromatic N) is 1. The number of anilines is 2. The Balaban J connectivity index is 1.55. The van der Waals surface area contributed by atoms with E-state index in [1.54, 1.807) is 0 Å². The molecule has 0 spiro atoms. The van der Waals surface area contributed by atoms with Crippen LogP contribution in [0.2, 0.25) is 0 Å². The number of benzene rings is 6. The quantitative estimate of drug-likeness (QED) is 0.0611. The van der Waals surface area contributed by atoms with Crippen LogP contribution in [0.5, 0.6) is 0 Å². The average molecular weight is 637 g/mol. The van der Waals surface area contributed by atoms with E-state index in [0.29, 0.717) is 5.17 Å². The van der Waals surface area contributed by atoms with Crippen molar-refractivity contribution in [3.05, 3.63) is 198 Å². The van der Waals surface area contributed by atoms with E-state index in [9.17, 15) is 10.5 Å². The minimum absolute atomic E-state index is 0.332. The van der Waals surface area contributed by atoms with Gasteiger partial charge >= 0.3 is 0 Å². The largest absolute Gasteiger partial charge is 0.369 e. The van der Waals surface area contributed by atoms with Crippen molar-refractivity contribution in [2.45, 2.75) is 6.23 Å². The molecule has 0 aliphatic heterocycles. The molecule has 3 N–H and O–H groups in total. The molecule has 0 heterocycles. The Morgan fingerprint density at radius 2 is 0.913 bits per heavy atom. The predicted molar refractivity (Wildman–Crippen MR) is 198 cm³/mol. The van der Waals surface area contributed by atoms with Crippen molar-refractivity contribution in [3.8, 4) is 0 Å². The normalized spacial score (nSPS) is 12.2. The van der Waals surface area contributed by atoms with Crippen molar-refractivity contribution < 1.29 is 5.11 Å². The molecule has 226 valence electrons. The number of para-hydroxylation sites is 2. The third-order valence-electron chi connectivity index (χ3n) is 7.71. The first kappa shape index (κ1) is 31.1. The van der Waals surface area contributed by atoms with E-state index in [4.69, 9.17) is 0 Å². The summed E-state index contributed by atoms with van der Waals surface area (Å²) < 4.78 is 0. The highest BCUT2D eigenvalue weighted by atomic mass is 32.2. The van der Waals surface area contributed by atoms with Gasteiger partial charge in [0.15, 0.2) is 24.1 Å². The van der Waals surface area contributed by atoms with Gasteiger partial charge in [-0.1, -0.05) is 133 Å². The summed E-state index contributed by atoms with van der Waals surface area (Å²) >= 11 is 1.33. The Kier molecular flexibility index (Phi) is 10.1. The molecule has 0 bridgehead atoms. The van der Waals surface area contributed by atoms with E-state index in [0.717, 1.165) is 38.3 Å². The lowest BCUT2D eigenvalue weighted by atomic mass is 10.2. The van der Waals surface area contributed by atoms with Crippen LogP contribution in [0.4, 0.5) is 11.4 Å². The molecule has 0 saturated heterocycles. The van der Waals surface area contributed by atoms with Crippen LogP contribution < -0.4 is 26.1 Å². The van der Waals surface area contributed by atoms with Gasteiger partial charge in [-0.3, -0.25) is 10.3 Å². The molecule has 6 heteroatoms. The fourth-order valence-electron chi connectivity index (χ4n) is 5.59. The van der Waals surface area contributed by atoms with Gasteiger partial charge in [0.2, 0.25) is 0 Å². The second-order valence-corrected chi connectivity index (χ2v) is 14.8. The summed E-state index contributed by atoms with van der Waals surface area (Å²) in [4.78, 5) is 1.94. The van der Waals surface area contributed by atoms with Crippen LogP contribution in [0.1, 0.15) is 11.8 Å². The first-order valence-corrected chi connectivity index (χ1v) is 17.8. The third-order valence-corrected chi connectivity index (χ3v) is 12.8. The van der Waals surface area contributed by atoms with Crippen LogP contribution in [-0.4, -0.2) is 10.3 Å². The van der Waals surface area contributed by atoms with Gasteiger partial charge in [-0.15, -0.1) is 0 Å². The lowest BCUT2D eigenvalue weighted by Gasteiger charge is -2.31. The molecule has 0 aliphatic rings. The molecule has 6 aromatic carbocycles. The number of aliphatic hydroxyl groups excluding tert-OH is 1. The van der Waals surface area contributed by atoms with Crippen molar-refractivity contribution in [1.82, 2.24) is 5.32 Å². The van der Waals surface area contributed by atoms with Gasteiger partial charge in [0, 0.05) is 22.3 Å². The smallest absolute Gasteiger partial charge is 0.181 e. The zero-order valence-corrected chi connectivity index (χ0v) is 26.9. The lowest BCUT2D eigenvalue weighted by molar-refractivity contribution is 0.154. The van der Waals surface area contributed by atoms with Crippen LogP contribution in [0.15, 0.2) is 193 Å². The second-order valence-electron chi connectivity index (χ2n) is 10.6. The molecule has 6 rings (SSSR count). The molecule has 0 saturated carbocycles. The average Bonchev–Trinajstić information content (AvgIpc) is 3.13. The second kappa shape index (κ2) is 14.9. The maximum atomic E-state index is 11.7. The number of rotatable bonds is 10. The molecule has 46 heavy (non-hydrogen) atoms.